The van der Waals surface area contributed by atoms with Crippen LogP contribution in [0, 0.1) is 11.7 Å². The minimum absolute atomic E-state index is 0.176. The van der Waals surface area contributed by atoms with Gasteiger partial charge in [0.15, 0.2) is 11.5 Å². The third-order valence-corrected chi connectivity index (χ3v) is 6.71. The van der Waals surface area contributed by atoms with Gasteiger partial charge in [-0.05, 0) is 61.6 Å². The van der Waals surface area contributed by atoms with Gasteiger partial charge in [-0.2, -0.15) is 0 Å². The van der Waals surface area contributed by atoms with Crippen molar-refractivity contribution in [2.45, 2.75) is 44.1 Å². The molecule has 2 heterocycles. The predicted molar refractivity (Wildman–Crippen MR) is 109 cm³/mol. The third-order valence-electron chi connectivity index (χ3n) is 6.71. The number of rotatable bonds is 5. The largest absolute Gasteiger partial charge is 0.493 e. The monoisotopic (exact) mass is 397 g/mol. The second kappa shape index (κ2) is 8.23. The van der Waals surface area contributed by atoms with Gasteiger partial charge < -0.3 is 14.2 Å². The number of fused-ring (bicyclic) bond motifs is 1. The van der Waals surface area contributed by atoms with Crippen molar-refractivity contribution in [1.29, 1.82) is 0 Å². The molecule has 3 aliphatic rings. The fourth-order valence-electron chi connectivity index (χ4n) is 5.15. The van der Waals surface area contributed by atoms with E-state index in [0.717, 1.165) is 42.8 Å². The molecule has 1 aliphatic carbocycles. The van der Waals surface area contributed by atoms with Crippen molar-refractivity contribution in [1.82, 2.24) is 4.90 Å². The Morgan fingerprint density at radius 1 is 0.966 bits per heavy atom. The molecule has 0 aromatic heterocycles. The Bertz CT molecular complexity index is 835. The van der Waals surface area contributed by atoms with E-state index in [1.807, 2.05) is 30.3 Å². The third kappa shape index (κ3) is 4.06. The number of hydrogen-bond acceptors (Lipinski definition) is 4. The molecule has 0 spiro atoms. The Hall–Kier alpha value is -2.27. The molecule has 0 amide bonds. The molecule has 2 atom stereocenters. The van der Waals surface area contributed by atoms with Gasteiger partial charge in [-0.15, -0.1) is 0 Å². The molecule has 5 rings (SSSR count). The van der Waals surface area contributed by atoms with Gasteiger partial charge in [0, 0.05) is 24.6 Å². The minimum atomic E-state index is -0.176. The van der Waals surface area contributed by atoms with Crippen LogP contribution >= 0.6 is 0 Å². The molecular formula is C24H28FNO3. The van der Waals surface area contributed by atoms with Gasteiger partial charge in [0.1, 0.15) is 11.6 Å². The first-order valence-electron chi connectivity index (χ1n) is 10.8. The number of benzene rings is 2. The van der Waals surface area contributed by atoms with Crippen LogP contribution < -0.4 is 14.2 Å². The zero-order valence-corrected chi connectivity index (χ0v) is 16.7. The Morgan fingerprint density at radius 3 is 2.59 bits per heavy atom. The Morgan fingerprint density at radius 2 is 1.76 bits per heavy atom. The maximum Gasteiger partial charge on any atom is 0.231 e. The summed E-state index contributed by atoms with van der Waals surface area (Å²) in [4.78, 5) is 2.67. The van der Waals surface area contributed by atoms with Gasteiger partial charge in [-0.3, -0.25) is 4.90 Å². The zero-order chi connectivity index (χ0) is 19.6. The van der Waals surface area contributed by atoms with Crippen molar-refractivity contribution in [3.8, 4) is 17.2 Å². The molecule has 2 fully saturated rings. The van der Waals surface area contributed by atoms with Crippen molar-refractivity contribution in [2.75, 3.05) is 26.5 Å². The number of halogens is 1. The molecule has 2 aromatic carbocycles. The summed E-state index contributed by atoms with van der Waals surface area (Å²) in [5.74, 6) is 2.92. The smallest absolute Gasteiger partial charge is 0.231 e. The maximum absolute atomic E-state index is 13.4. The molecule has 2 aromatic rings. The lowest BCUT2D eigenvalue weighted by atomic mass is 9.80. The van der Waals surface area contributed by atoms with Crippen molar-refractivity contribution < 1.29 is 18.6 Å². The number of ether oxygens (including phenoxy) is 3. The lowest BCUT2D eigenvalue weighted by Crippen LogP contribution is -2.46. The highest BCUT2D eigenvalue weighted by Crippen LogP contribution is 2.38. The standard InChI is InChI=1S/C24H28FNO3/c25-19-7-5-17(6-8-19)22-11-12-26(20-3-1-2-4-20)14-18(22)15-27-21-9-10-23-24(13-21)29-16-28-23/h5-10,13,18,20,22H,1-4,11-12,14-16H2/t18-,22-/m1/s1. The van der Waals surface area contributed by atoms with Crippen molar-refractivity contribution in [3.63, 3.8) is 0 Å². The number of nitrogens with zero attached hydrogens (tertiary/aromatic N) is 1. The first-order valence-corrected chi connectivity index (χ1v) is 10.8. The Labute approximate surface area is 171 Å². The molecule has 0 N–H and O–H groups in total. The molecule has 4 nitrogen and oxygen atoms in total. The van der Waals surface area contributed by atoms with E-state index in [0.29, 0.717) is 18.4 Å². The van der Waals surface area contributed by atoms with Crippen LogP contribution in [0.1, 0.15) is 43.6 Å². The van der Waals surface area contributed by atoms with Crippen LogP contribution in [-0.4, -0.2) is 37.4 Å². The number of piperidine rings is 1. The number of likely N-dealkylation sites (tertiary alicyclic amines) is 1. The van der Waals surface area contributed by atoms with Crippen LogP contribution in [-0.2, 0) is 0 Å². The number of hydrogen-bond donors (Lipinski definition) is 0. The summed E-state index contributed by atoms with van der Waals surface area (Å²) < 4.78 is 30.5. The van der Waals surface area contributed by atoms with Gasteiger partial charge in [0.25, 0.3) is 0 Å². The first-order chi connectivity index (χ1) is 14.3. The molecule has 0 radical (unpaired) electrons. The van der Waals surface area contributed by atoms with Crippen molar-refractivity contribution in [2.24, 2.45) is 5.92 Å². The molecule has 1 saturated carbocycles. The maximum atomic E-state index is 13.4. The Balaban J connectivity index is 1.31. The highest BCUT2D eigenvalue weighted by atomic mass is 19.1. The zero-order valence-electron chi connectivity index (χ0n) is 16.7. The molecule has 1 saturated heterocycles. The van der Waals surface area contributed by atoms with E-state index in [1.54, 1.807) is 12.1 Å². The SMILES string of the molecule is Fc1ccc([C@H]2CCN(C3CCCC3)C[C@@H]2COc2ccc3c(c2)OCO3)cc1. The van der Waals surface area contributed by atoms with E-state index in [-0.39, 0.29) is 12.6 Å². The van der Waals surface area contributed by atoms with E-state index < -0.39 is 0 Å². The molecule has 0 bridgehead atoms. The molecule has 154 valence electrons. The van der Waals surface area contributed by atoms with Crippen LogP contribution in [0.2, 0.25) is 0 Å². The van der Waals surface area contributed by atoms with Crippen LogP contribution in [0.3, 0.4) is 0 Å². The minimum Gasteiger partial charge on any atom is -0.493 e. The second-order valence-electron chi connectivity index (χ2n) is 8.47. The van der Waals surface area contributed by atoms with Gasteiger partial charge in [0.2, 0.25) is 6.79 Å². The molecule has 29 heavy (non-hydrogen) atoms. The van der Waals surface area contributed by atoms with Gasteiger partial charge >= 0.3 is 0 Å². The van der Waals surface area contributed by atoms with E-state index >= 15 is 0 Å². The average molecular weight is 397 g/mol. The van der Waals surface area contributed by atoms with Gasteiger partial charge in [-0.1, -0.05) is 25.0 Å². The summed E-state index contributed by atoms with van der Waals surface area (Å²) in [6.45, 7) is 3.07. The lowest BCUT2D eigenvalue weighted by molar-refractivity contribution is 0.0804. The highest BCUT2D eigenvalue weighted by molar-refractivity contribution is 5.46. The average Bonchev–Trinajstić information content (AvgIpc) is 3.44. The lowest BCUT2D eigenvalue weighted by Gasteiger charge is -2.41. The highest BCUT2D eigenvalue weighted by Gasteiger charge is 2.34. The van der Waals surface area contributed by atoms with Crippen LogP contribution in [0.15, 0.2) is 42.5 Å². The topological polar surface area (TPSA) is 30.9 Å². The quantitative estimate of drug-likeness (QED) is 0.712. The van der Waals surface area contributed by atoms with E-state index in [2.05, 4.69) is 4.90 Å². The summed E-state index contributed by atoms with van der Waals surface area (Å²) >= 11 is 0. The molecule has 2 aliphatic heterocycles. The second-order valence-corrected chi connectivity index (χ2v) is 8.47. The van der Waals surface area contributed by atoms with Crippen molar-refractivity contribution in [3.05, 3.63) is 53.8 Å². The van der Waals surface area contributed by atoms with Gasteiger partial charge in [0.05, 0.1) is 6.61 Å². The fraction of sp³-hybridized carbons (Fsp3) is 0.500. The van der Waals surface area contributed by atoms with E-state index in [1.165, 1.54) is 31.2 Å². The summed E-state index contributed by atoms with van der Waals surface area (Å²) in [5.41, 5.74) is 1.22. The summed E-state index contributed by atoms with van der Waals surface area (Å²) in [7, 11) is 0. The molecule has 5 heteroatoms. The summed E-state index contributed by atoms with van der Waals surface area (Å²) in [5, 5.41) is 0. The summed E-state index contributed by atoms with van der Waals surface area (Å²) in [6.07, 6.45) is 6.42. The summed E-state index contributed by atoms with van der Waals surface area (Å²) in [6, 6.07) is 13.5. The normalized spacial score (nSPS) is 24.7. The van der Waals surface area contributed by atoms with E-state index in [9.17, 15) is 4.39 Å². The van der Waals surface area contributed by atoms with Crippen LogP contribution in [0.5, 0.6) is 17.2 Å². The van der Waals surface area contributed by atoms with Crippen LogP contribution in [0.25, 0.3) is 0 Å². The predicted octanol–water partition coefficient (Wildman–Crippen LogP) is 4.98. The molecular weight excluding hydrogens is 369 g/mol. The van der Waals surface area contributed by atoms with E-state index in [4.69, 9.17) is 14.2 Å². The first kappa shape index (κ1) is 18.7. The molecule has 0 unspecified atom stereocenters. The fourth-order valence-corrected chi connectivity index (χ4v) is 5.15. The van der Waals surface area contributed by atoms with Gasteiger partial charge in [-0.25, -0.2) is 4.39 Å². The van der Waals surface area contributed by atoms with Crippen LogP contribution in [0.4, 0.5) is 4.39 Å². The van der Waals surface area contributed by atoms with Crippen molar-refractivity contribution >= 4 is 0 Å². The Kier molecular flexibility index (Phi) is 5.32.